The average molecular weight is 402 g/mol. The first kappa shape index (κ1) is 20.3. The van der Waals surface area contributed by atoms with E-state index in [1.54, 1.807) is 0 Å². The number of nitrogens with zero attached hydrogens (tertiary/aromatic N) is 5. The molecule has 1 saturated heterocycles. The summed E-state index contributed by atoms with van der Waals surface area (Å²) in [5, 5.41) is 3.23. The normalized spacial score (nSPS) is 20.3. The van der Waals surface area contributed by atoms with Gasteiger partial charge in [-0.2, -0.15) is 9.97 Å². The number of carbonyl (C=O) groups excluding carboxylic acids is 1. The van der Waals surface area contributed by atoms with Crippen molar-refractivity contribution >= 4 is 23.5 Å². The summed E-state index contributed by atoms with van der Waals surface area (Å²) in [6, 6.07) is 0. The van der Waals surface area contributed by atoms with Crippen molar-refractivity contribution in [1.29, 1.82) is 0 Å². The minimum absolute atomic E-state index is 0.0842. The average Bonchev–Trinajstić information content (AvgIpc) is 3.47. The maximum absolute atomic E-state index is 12.6. The number of nitrogens with two attached hydrogens (primary N) is 1. The van der Waals surface area contributed by atoms with Gasteiger partial charge in [-0.25, -0.2) is 0 Å². The van der Waals surface area contributed by atoms with Crippen LogP contribution in [0.2, 0.25) is 0 Å². The first-order valence-corrected chi connectivity index (χ1v) is 11.3. The Morgan fingerprint density at radius 3 is 2.55 bits per heavy atom. The van der Waals surface area contributed by atoms with E-state index >= 15 is 0 Å². The Morgan fingerprint density at radius 2 is 1.83 bits per heavy atom. The fourth-order valence-electron chi connectivity index (χ4n) is 4.25. The summed E-state index contributed by atoms with van der Waals surface area (Å²) in [6.07, 6.45) is 6.28. The Kier molecular flexibility index (Phi) is 6.50. The van der Waals surface area contributed by atoms with Crippen molar-refractivity contribution in [3.63, 3.8) is 0 Å². The molecule has 0 radical (unpaired) electrons. The van der Waals surface area contributed by atoms with Gasteiger partial charge in [0.25, 0.3) is 0 Å². The minimum Gasteiger partial charge on any atom is -0.383 e. The number of carbonyl (C=O) groups is 1. The number of hydrogen-bond acceptors (Lipinski definition) is 7. The van der Waals surface area contributed by atoms with Crippen LogP contribution in [0.25, 0.3) is 0 Å². The largest absolute Gasteiger partial charge is 0.383 e. The summed E-state index contributed by atoms with van der Waals surface area (Å²) >= 11 is 0. The molecule has 1 amide bonds. The lowest BCUT2D eigenvalue weighted by molar-refractivity contribution is -0.117. The van der Waals surface area contributed by atoms with Crippen LogP contribution in [0.15, 0.2) is 0 Å². The smallest absolute Gasteiger partial charge is 0.232 e. The van der Waals surface area contributed by atoms with Gasteiger partial charge in [0.2, 0.25) is 11.9 Å². The summed E-state index contributed by atoms with van der Waals surface area (Å²) in [4.78, 5) is 28.4. The number of fused-ring (bicyclic) bond motifs is 1. The highest BCUT2D eigenvalue weighted by Crippen LogP contribution is 2.32. The van der Waals surface area contributed by atoms with Crippen LogP contribution in [0, 0.1) is 5.92 Å². The third-order valence-electron chi connectivity index (χ3n) is 6.25. The first-order chi connectivity index (χ1) is 14.1. The zero-order chi connectivity index (χ0) is 20.2. The SMILES string of the molecule is CCCCNc1nc(N)c2c(n1)N(CCCN1CCN(CC3CC3)CC1)C(=O)C2. The lowest BCUT2D eigenvalue weighted by Crippen LogP contribution is -2.47. The second-order valence-electron chi connectivity index (χ2n) is 8.68. The number of unbranched alkanes of at least 4 members (excludes halogenated alkanes) is 1. The fraction of sp³-hybridized carbons (Fsp3) is 0.762. The Labute approximate surface area is 173 Å². The summed E-state index contributed by atoms with van der Waals surface area (Å²) in [7, 11) is 0. The number of nitrogen functional groups attached to an aromatic ring is 1. The molecule has 3 aliphatic rings. The predicted molar refractivity (Wildman–Crippen MR) is 116 cm³/mol. The van der Waals surface area contributed by atoms with Crippen LogP contribution >= 0.6 is 0 Å². The number of nitrogens with one attached hydrogen (secondary N) is 1. The van der Waals surface area contributed by atoms with E-state index in [1.807, 2.05) is 4.90 Å². The zero-order valence-corrected chi connectivity index (χ0v) is 17.7. The van der Waals surface area contributed by atoms with Crippen molar-refractivity contribution in [3.05, 3.63) is 5.56 Å². The topological polar surface area (TPSA) is 90.6 Å². The maximum atomic E-state index is 12.6. The van der Waals surface area contributed by atoms with Crippen molar-refractivity contribution in [2.24, 2.45) is 5.92 Å². The molecular formula is C21H35N7O. The van der Waals surface area contributed by atoms with Gasteiger partial charge in [-0.3, -0.25) is 9.69 Å². The molecular weight excluding hydrogens is 366 g/mol. The lowest BCUT2D eigenvalue weighted by Gasteiger charge is -2.35. The number of anilines is 3. The van der Waals surface area contributed by atoms with E-state index in [9.17, 15) is 4.79 Å². The highest BCUT2D eigenvalue weighted by atomic mass is 16.2. The van der Waals surface area contributed by atoms with E-state index in [0.717, 1.165) is 56.9 Å². The van der Waals surface area contributed by atoms with Crippen LogP contribution in [0.3, 0.4) is 0 Å². The van der Waals surface area contributed by atoms with Gasteiger partial charge < -0.3 is 20.9 Å². The summed E-state index contributed by atoms with van der Waals surface area (Å²) < 4.78 is 0. The molecule has 0 aromatic carbocycles. The predicted octanol–water partition coefficient (Wildman–Crippen LogP) is 1.58. The molecule has 0 spiro atoms. The standard InChI is InChI=1S/C21H35N7O/c1-2-3-7-23-21-24-19(22)17-14-18(29)28(20(17)25-21)9-4-8-26-10-12-27(13-11-26)15-16-5-6-16/h16H,2-15H2,1H3,(H3,22,23,24,25). The summed E-state index contributed by atoms with van der Waals surface area (Å²) in [5.41, 5.74) is 6.90. The van der Waals surface area contributed by atoms with E-state index in [-0.39, 0.29) is 5.91 Å². The number of amides is 1. The third kappa shape index (κ3) is 5.17. The van der Waals surface area contributed by atoms with Gasteiger partial charge in [-0.1, -0.05) is 13.3 Å². The molecule has 8 nitrogen and oxygen atoms in total. The molecule has 2 aliphatic heterocycles. The maximum Gasteiger partial charge on any atom is 0.232 e. The quantitative estimate of drug-likeness (QED) is 0.575. The van der Waals surface area contributed by atoms with Crippen LogP contribution in [0.1, 0.15) is 44.6 Å². The van der Waals surface area contributed by atoms with E-state index in [4.69, 9.17) is 5.73 Å². The molecule has 8 heteroatoms. The Bertz CT molecular complexity index is 713. The molecule has 1 saturated carbocycles. The minimum atomic E-state index is 0.0842. The van der Waals surface area contributed by atoms with Gasteiger partial charge in [0.15, 0.2) is 0 Å². The zero-order valence-electron chi connectivity index (χ0n) is 17.7. The van der Waals surface area contributed by atoms with E-state index in [2.05, 4.69) is 32.0 Å². The number of rotatable bonds is 10. The van der Waals surface area contributed by atoms with Gasteiger partial charge in [-0.15, -0.1) is 0 Å². The molecule has 160 valence electrons. The van der Waals surface area contributed by atoms with Crippen LogP contribution in [0.4, 0.5) is 17.6 Å². The molecule has 3 heterocycles. The van der Waals surface area contributed by atoms with Gasteiger partial charge >= 0.3 is 0 Å². The van der Waals surface area contributed by atoms with Crippen molar-refractivity contribution in [1.82, 2.24) is 19.8 Å². The van der Waals surface area contributed by atoms with Crippen LogP contribution < -0.4 is 16.0 Å². The molecule has 2 fully saturated rings. The first-order valence-electron chi connectivity index (χ1n) is 11.3. The Morgan fingerprint density at radius 1 is 1.07 bits per heavy atom. The van der Waals surface area contributed by atoms with Crippen molar-refractivity contribution in [3.8, 4) is 0 Å². The molecule has 1 aliphatic carbocycles. The van der Waals surface area contributed by atoms with E-state index in [0.29, 0.717) is 30.5 Å². The van der Waals surface area contributed by atoms with Gasteiger partial charge in [0, 0.05) is 51.4 Å². The summed E-state index contributed by atoms with van der Waals surface area (Å²) in [6.45, 7) is 10.6. The second-order valence-corrected chi connectivity index (χ2v) is 8.68. The fourth-order valence-corrected chi connectivity index (χ4v) is 4.25. The molecule has 1 aromatic heterocycles. The highest BCUT2D eigenvalue weighted by Gasteiger charge is 2.32. The molecule has 3 N–H and O–H groups in total. The van der Waals surface area contributed by atoms with Crippen LogP contribution in [-0.2, 0) is 11.2 Å². The van der Waals surface area contributed by atoms with Crippen molar-refractivity contribution < 1.29 is 4.79 Å². The molecule has 29 heavy (non-hydrogen) atoms. The molecule has 0 bridgehead atoms. The summed E-state index contributed by atoms with van der Waals surface area (Å²) in [5.74, 6) is 2.72. The molecule has 0 atom stereocenters. The molecule has 0 unspecified atom stereocenters. The molecule has 1 aromatic rings. The number of piperazine rings is 1. The molecule has 4 rings (SSSR count). The van der Waals surface area contributed by atoms with Gasteiger partial charge in [0.1, 0.15) is 11.6 Å². The third-order valence-corrected chi connectivity index (χ3v) is 6.25. The number of hydrogen-bond donors (Lipinski definition) is 2. The Balaban J connectivity index is 1.27. The highest BCUT2D eigenvalue weighted by molar-refractivity contribution is 6.01. The van der Waals surface area contributed by atoms with Crippen LogP contribution in [0.5, 0.6) is 0 Å². The monoisotopic (exact) mass is 401 g/mol. The number of aromatic nitrogens is 2. The Hall–Kier alpha value is -1.93. The van der Waals surface area contributed by atoms with Gasteiger partial charge in [-0.05, 0) is 38.1 Å². The van der Waals surface area contributed by atoms with Crippen molar-refractivity contribution in [2.45, 2.75) is 45.4 Å². The van der Waals surface area contributed by atoms with Gasteiger partial charge in [0.05, 0.1) is 6.42 Å². The van der Waals surface area contributed by atoms with Crippen molar-refractivity contribution in [2.75, 3.05) is 68.3 Å². The van der Waals surface area contributed by atoms with E-state index in [1.165, 1.54) is 32.5 Å². The second kappa shape index (κ2) is 9.26. The van der Waals surface area contributed by atoms with Crippen LogP contribution in [-0.4, -0.2) is 78.0 Å². The van der Waals surface area contributed by atoms with E-state index < -0.39 is 0 Å². The lowest BCUT2D eigenvalue weighted by atomic mass is 10.2.